The molecule has 3 aromatic carbocycles. The number of nitrogen functional groups attached to an aromatic ring is 1. The number of hydrogen-bond acceptors (Lipinski definition) is 6. The summed E-state index contributed by atoms with van der Waals surface area (Å²) in [6.45, 7) is 9.93. The fourth-order valence-electron chi connectivity index (χ4n) is 5.28. The first kappa shape index (κ1) is 25.6. The zero-order valence-electron chi connectivity index (χ0n) is 22.5. The zero-order chi connectivity index (χ0) is 27.0. The Bertz CT molecular complexity index is 1320. The Kier molecular flexibility index (Phi) is 6.78. The first-order chi connectivity index (χ1) is 18.1. The van der Waals surface area contributed by atoms with Gasteiger partial charge in [0.25, 0.3) is 0 Å². The summed E-state index contributed by atoms with van der Waals surface area (Å²) < 4.78 is 11.4. The van der Waals surface area contributed by atoms with Crippen molar-refractivity contribution in [1.29, 1.82) is 0 Å². The molecule has 198 valence electrons. The second kappa shape index (κ2) is 10.0. The van der Waals surface area contributed by atoms with E-state index in [2.05, 4.69) is 29.2 Å². The van der Waals surface area contributed by atoms with Gasteiger partial charge >= 0.3 is 12.1 Å². The number of amides is 1. The van der Waals surface area contributed by atoms with E-state index in [4.69, 9.17) is 15.2 Å². The number of benzene rings is 3. The highest BCUT2D eigenvalue weighted by atomic mass is 16.6. The van der Waals surface area contributed by atoms with Gasteiger partial charge in [0, 0.05) is 43.5 Å². The molecule has 1 amide bonds. The Labute approximate surface area is 224 Å². The predicted octanol–water partition coefficient (Wildman–Crippen LogP) is 5.60. The molecule has 3 aromatic rings. The molecule has 1 aliphatic carbocycles. The lowest BCUT2D eigenvalue weighted by molar-refractivity contribution is 0.00687. The third-order valence-corrected chi connectivity index (χ3v) is 7.29. The maximum Gasteiger partial charge on any atom is 0.409 e. The summed E-state index contributed by atoms with van der Waals surface area (Å²) in [5.41, 5.74) is 13.0. The second-order valence-corrected chi connectivity index (χ2v) is 11.0. The number of nitrogens with zero attached hydrogens (tertiary/aromatic N) is 2. The molecule has 2 N–H and O–H groups in total. The van der Waals surface area contributed by atoms with Crippen LogP contribution in [0.3, 0.4) is 0 Å². The van der Waals surface area contributed by atoms with Gasteiger partial charge in [-0.15, -0.1) is 0 Å². The van der Waals surface area contributed by atoms with E-state index in [1.165, 1.54) is 22.3 Å². The van der Waals surface area contributed by atoms with Gasteiger partial charge in [0.05, 0.1) is 5.56 Å². The van der Waals surface area contributed by atoms with Gasteiger partial charge in [0.2, 0.25) is 0 Å². The van der Waals surface area contributed by atoms with Crippen molar-refractivity contribution in [2.45, 2.75) is 39.2 Å². The Morgan fingerprint density at radius 1 is 0.921 bits per heavy atom. The second-order valence-electron chi connectivity index (χ2n) is 11.0. The minimum absolute atomic E-state index is 0.0365. The van der Waals surface area contributed by atoms with Crippen molar-refractivity contribution in [3.8, 4) is 11.1 Å². The number of nitrogens with two attached hydrogens (primary N) is 1. The van der Waals surface area contributed by atoms with Gasteiger partial charge in [0.15, 0.2) is 0 Å². The topological polar surface area (TPSA) is 85.1 Å². The fourth-order valence-corrected chi connectivity index (χ4v) is 5.28. The zero-order valence-corrected chi connectivity index (χ0v) is 22.5. The molecule has 0 bridgehead atoms. The average molecular weight is 514 g/mol. The molecule has 1 saturated heterocycles. The summed E-state index contributed by atoms with van der Waals surface area (Å²) in [6, 6.07) is 20.4. The molecule has 0 spiro atoms. The van der Waals surface area contributed by atoms with E-state index in [-0.39, 0.29) is 18.0 Å². The van der Waals surface area contributed by atoms with Crippen LogP contribution < -0.4 is 10.6 Å². The molecular formula is C31H35N3O4. The SMILES string of the molecule is Cc1c(N)cc(N2CCN(C(=O)OCC3c4ccccc4-c4ccccc43)CC2)cc1C(=O)OC(C)(C)C. The average Bonchev–Trinajstić information content (AvgIpc) is 3.21. The monoisotopic (exact) mass is 513 g/mol. The van der Waals surface area contributed by atoms with Crippen molar-refractivity contribution in [1.82, 2.24) is 4.90 Å². The van der Waals surface area contributed by atoms with Gasteiger partial charge in [0.1, 0.15) is 12.2 Å². The van der Waals surface area contributed by atoms with E-state index in [0.717, 1.165) is 5.69 Å². The van der Waals surface area contributed by atoms with Crippen molar-refractivity contribution in [2.75, 3.05) is 43.4 Å². The van der Waals surface area contributed by atoms with Gasteiger partial charge < -0.3 is 25.0 Å². The Hall–Kier alpha value is -4.00. The Balaban J connectivity index is 1.22. The quantitative estimate of drug-likeness (QED) is 0.361. The summed E-state index contributed by atoms with van der Waals surface area (Å²) in [7, 11) is 0. The van der Waals surface area contributed by atoms with E-state index in [0.29, 0.717) is 49.6 Å². The molecule has 7 nitrogen and oxygen atoms in total. The van der Waals surface area contributed by atoms with Crippen LogP contribution in [0.1, 0.15) is 53.7 Å². The Morgan fingerprint density at radius 3 is 2.08 bits per heavy atom. The van der Waals surface area contributed by atoms with Crippen molar-refractivity contribution in [2.24, 2.45) is 0 Å². The number of ether oxygens (including phenoxy) is 2. The van der Waals surface area contributed by atoms with Crippen LogP contribution in [-0.4, -0.2) is 55.3 Å². The van der Waals surface area contributed by atoms with Crippen molar-refractivity contribution >= 4 is 23.4 Å². The molecule has 7 heteroatoms. The van der Waals surface area contributed by atoms with Crippen LogP contribution in [0, 0.1) is 6.92 Å². The maximum atomic E-state index is 13.0. The molecule has 0 radical (unpaired) electrons. The molecule has 0 aromatic heterocycles. The number of anilines is 2. The van der Waals surface area contributed by atoms with Gasteiger partial charge in [-0.25, -0.2) is 9.59 Å². The van der Waals surface area contributed by atoms with Crippen LogP contribution in [-0.2, 0) is 9.47 Å². The summed E-state index contributed by atoms with van der Waals surface area (Å²) in [4.78, 5) is 29.7. The summed E-state index contributed by atoms with van der Waals surface area (Å²) >= 11 is 0. The van der Waals surface area contributed by atoms with Gasteiger partial charge in [-0.2, -0.15) is 0 Å². The number of esters is 1. The largest absolute Gasteiger partial charge is 0.456 e. The van der Waals surface area contributed by atoms with Gasteiger partial charge in [-0.1, -0.05) is 48.5 Å². The summed E-state index contributed by atoms with van der Waals surface area (Å²) in [6.07, 6.45) is -0.302. The molecule has 1 heterocycles. The van der Waals surface area contributed by atoms with Crippen molar-refractivity contribution in [3.63, 3.8) is 0 Å². The molecule has 0 unspecified atom stereocenters. The summed E-state index contributed by atoms with van der Waals surface area (Å²) in [5.74, 6) is -0.352. The van der Waals surface area contributed by atoms with Crippen LogP contribution in [0.5, 0.6) is 0 Å². The van der Waals surface area contributed by atoms with E-state index in [9.17, 15) is 9.59 Å². The first-order valence-electron chi connectivity index (χ1n) is 13.1. The molecule has 0 saturated carbocycles. The predicted molar refractivity (Wildman–Crippen MR) is 150 cm³/mol. The lowest BCUT2D eigenvalue weighted by atomic mass is 9.98. The number of hydrogen-bond donors (Lipinski definition) is 1. The van der Waals surface area contributed by atoms with E-state index >= 15 is 0 Å². The smallest absolute Gasteiger partial charge is 0.409 e. The fraction of sp³-hybridized carbons (Fsp3) is 0.355. The Morgan fingerprint density at radius 2 is 1.50 bits per heavy atom. The van der Waals surface area contributed by atoms with E-state index < -0.39 is 5.60 Å². The van der Waals surface area contributed by atoms with Crippen molar-refractivity contribution in [3.05, 3.63) is 82.9 Å². The summed E-state index contributed by atoms with van der Waals surface area (Å²) in [5, 5.41) is 0. The van der Waals surface area contributed by atoms with Crippen LogP contribution in [0.4, 0.5) is 16.2 Å². The van der Waals surface area contributed by atoms with Crippen LogP contribution in [0.2, 0.25) is 0 Å². The molecule has 5 rings (SSSR count). The number of piperazine rings is 1. The molecular weight excluding hydrogens is 478 g/mol. The minimum Gasteiger partial charge on any atom is -0.456 e. The van der Waals surface area contributed by atoms with Crippen molar-refractivity contribution < 1.29 is 19.1 Å². The number of carbonyl (C=O) groups excluding carboxylic acids is 2. The van der Waals surface area contributed by atoms with Gasteiger partial charge in [-0.3, -0.25) is 0 Å². The van der Waals surface area contributed by atoms with E-state index in [1.807, 2.05) is 64.1 Å². The highest BCUT2D eigenvalue weighted by Crippen LogP contribution is 2.44. The highest BCUT2D eigenvalue weighted by molar-refractivity contribution is 5.94. The van der Waals surface area contributed by atoms with Gasteiger partial charge in [-0.05, 0) is 67.6 Å². The van der Waals surface area contributed by atoms with Crippen LogP contribution in [0.25, 0.3) is 11.1 Å². The lowest BCUT2D eigenvalue weighted by Crippen LogP contribution is -2.49. The van der Waals surface area contributed by atoms with Crippen LogP contribution >= 0.6 is 0 Å². The third-order valence-electron chi connectivity index (χ3n) is 7.29. The third kappa shape index (κ3) is 5.05. The molecule has 1 aliphatic heterocycles. The normalized spacial score (nSPS) is 15.2. The standard InChI is InChI=1S/C31H35N3O4/c1-20-26(29(35)38-31(2,3)4)17-21(18-28(20)32)33-13-15-34(16-14-33)30(36)37-19-27-24-11-7-5-9-22(24)23-10-6-8-12-25(23)27/h5-12,17-18,27H,13-16,19,32H2,1-4H3. The van der Waals surface area contributed by atoms with Crippen LogP contribution in [0.15, 0.2) is 60.7 Å². The first-order valence-corrected chi connectivity index (χ1v) is 13.1. The highest BCUT2D eigenvalue weighted by Gasteiger charge is 2.31. The lowest BCUT2D eigenvalue weighted by Gasteiger charge is -2.36. The van der Waals surface area contributed by atoms with E-state index in [1.54, 1.807) is 4.90 Å². The number of fused-ring (bicyclic) bond motifs is 3. The minimum atomic E-state index is -0.594. The molecule has 38 heavy (non-hydrogen) atoms. The molecule has 0 atom stereocenters. The number of carbonyl (C=O) groups is 2. The molecule has 1 fully saturated rings. The number of rotatable bonds is 4. The maximum absolute atomic E-state index is 13.0. The molecule has 2 aliphatic rings.